The Labute approximate surface area is 163 Å². The lowest BCUT2D eigenvalue weighted by molar-refractivity contribution is -0.131. The Kier molecular flexibility index (Phi) is 5.02. The number of aromatic nitrogens is 1. The summed E-state index contributed by atoms with van der Waals surface area (Å²) >= 11 is 0. The summed E-state index contributed by atoms with van der Waals surface area (Å²) in [4.78, 5) is 32.2. The van der Waals surface area contributed by atoms with Crippen molar-refractivity contribution >= 4 is 22.7 Å². The molecule has 1 fully saturated rings. The Hall–Kier alpha value is -3.28. The predicted molar refractivity (Wildman–Crippen MR) is 107 cm³/mol. The average Bonchev–Trinajstić information content (AvgIpc) is 3.16. The van der Waals surface area contributed by atoms with Gasteiger partial charge in [-0.25, -0.2) is 0 Å². The van der Waals surface area contributed by atoms with E-state index < -0.39 is 0 Å². The third kappa shape index (κ3) is 3.58. The highest BCUT2D eigenvalue weighted by atomic mass is 16.5. The van der Waals surface area contributed by atoms with Gasteiger partial charge in [0, 0.05) is 48.8 Å². The highest BCUT2D eigenvalue weighted by Crippen LogP contribution is 2.19. The number of hydrogen-bond donors (Lipinski definition) is 1. The Morgan fingerprint density at radius 2 is 1.64 bits per heavy atom. The summed E-state index contributed by atoms with van der Waals surface area (Å²) in [6.07, 6.45) is 2.28. The Balaban J connectivity index is 1.35. The van der Waals surface area contributed by atoms with E-state index in [1.54, 1.807) is 36.3 Å². The van der Waals surface area contributed by atoms with Crippen LogP contribution in [-0.2, 0) is 11.2 Å². The molecule has 144 valence electrons. The summed E-state index contributed by atoms with van der Waals surface area (Å²) in [5.74, 6) is 0.817. The fourth-order valence-electron chi connectivity index (χ4n) is 3.63. The van der Waals surface area contributed by atoms with Crippen LogP contribution in [0.15, 0.2) is 54.7 Å². The van der Waals surface area contributed by atoms with Gasteiger partial charge in [0.1, 0.15) is 5.75 Å². The molecule has 28 heavy (non-hydrogen) atoms. The fourth-order valence-corrected chi connectivity index (χ4v) is 3.63. The standard InChI is InChI=1S/C22H23N3O3/c1-28-18-8-6-16(7-9-18)22(27)25-12-10-24(11-13-25)21(26)14-17-15-23-20-5-3-2-4-19(17)20/h2-9,15,23H,10-14H2,1H3. The van der Waals surface area contributed by atoms with Crippen LogP contribution >= 0.6 is 0 Å². The molecule has 1 aliphatic heterocycles. The number of nitrogens with zero attached hydrogens (tertiary/aromatic N) is 2. The number of carbonyl (C=O) groups is 2. The largest absolute Gasteiger partial charge is 0.497 e. The van der Waals surface area contributed by atoms with Gasteiger partial charge in [0.2, 0.25) is 5.91 Å². The lowest BCUT2D eigenvalue weighted by Gasteiger charge is -2.35. The van der Waals surface area contributed by atoms with Crippen molar-refractivity contribution in [3.05, 3.63) is 65.9 Å². The van der Waals surface area contributed by atoms with Gasteiger partial charge in [0.05, 0.1) is 13.5 Å². The van der Waals surface area contributed by atoms with Gasteiger partial charge < -0.3 is 19.5 Å². The van der Waals surface area contributed by atoms with E-state index in [-0.39, 0.29) is 11.8 Å². The fraction of sp³-hybridized carbons (Fsp3) is 0.273. The Bertz CT molecular complexity index is 986. The number of methoxy groups -OCH3 is 1. The Morgan fingerprint density at radius 1 is 0.964 bits per heavy atom. The molecule has 0 saturated carbocycles. The van der Waals surface area contributed by atoms with Gasteiger partial charge in [-0.3, -0.25) is 9.59 Å². The molecular weight excluding hydrogens is 354 g/mol. The zero-order chi connectivity index (χ0) is 19.5. The van der Waals surface area contributed by atoms with E-state index in [0.717, 1.165) is 22.2 Å². The smallest absolute Gasteiger partial charge is 0.253 e. The second kappa shape index (κ2) is 7.76. The van der Waals surface area contributed by atoms with Gasteiger partial charge >= 0.3 is 0 Å². The van der Waals surface area contributed by atoms with Crippen LogP contribution in [0.2, 0.25) is 0 Å². The first kappa shape index (κ1) is 18.1. The second-order valence-electron chi connectivity index (χ2n) is 6.94. The van der Waals surface area contributed by atoms with Crippen LogP contribution in [0.4, 0.5) is 0 Å². The minimum absolute atomic E-state index is 0.00798. The summed E-state index contributed by atoms with van der Waals surface area (Å²) in [5, 5.41) is 1.09. The van der Waals surface area contributed by atoms with E-state index in [1.165, 1.54) is 0 Å². The van der Waals surface area contributed by atoms with Crippen LogP contribution in [0, 0.1) is 0 Å². The van der Waals surface area contributed by atoms with E-state index in [0.29, 0.717) is 38.2 Å². The summed E-state index contributed by atoms with van der Waals surface area (Å²) in [6.45, 7) is 2.21. The molecule has 1 saturated heterocycles. The first-order chi connectivity index (χ1) is 13.7. The van der Waals surface area contributed by atoms with E-state index in [4.69, 9.17) is 4.74 Å². The number of benzene rings is 2. The third-order valence-corrected chi connectivity index (χ3v) is 5.27. The number of fused-ring (bicyclic) bond motifs is 1. The molecule has 4 rings (SSSR count). The number of carbonyl (C=O) groups excluding carboxylic acids is 2. The van der Waals surface area contributed by atoms with Crippen LogP contribution in [0.25, 0.3) is 10.9 Å². The van der Waals surface area contributed by atoms with Crippen molar-refractivity contribution in [2.75, 3.05) is 33.3 Å². The van der Waals surface area contributed by atoms with Crippen LogP contribution in [0.1, 0.15) is 15.9 Å². The minimum Gasteiger partial charge on any atom is -0.497 e. The highest BCUT2D eigenvalue weighted by Gasteiger charge is 2.25. The van der Waals surface area contributed by atoms with Crippen molar-refractivity contribution in [2.45, 2.75) is 6.42 Å². The molecule has 0 aliphatic carbocycles. The number of para-hydroxylation sites is 1. The van der Waals surface area contributed by atoms with Crippen molar-refractivity contribution < 1.29 is 14.3 Å². The second-order valence-corrected chi connectivity index (χ2v) is 6.94. The number of piperazine rings is 1. The molecule has 2 amide bonds. The van der Waals surface area contributed by atoms with Gasteiger partial charge in [0.25, 0.3) is 5.91 Å². The van der Waals surface area contributed by atoms with Gasteiger partial charge in [-0.05, 0) is 35.9 Å². The molecule has 3 aromatic rings. The zero-order valence-corrected chi connectivity index (χ0v) is 15.9. The lowest BCUT2D eigenvalue weighted by atomic mass is 10.1. The first-order valence-electron chi connectivity index (χ1n) is 9.42. The molecule has 6 heteroatoms. The SMILES string of the molecule is COc1ccc(C(=O)N2CCN(C(=O)Cc3c[nH]c4ccccc34)CC2)cc1. The van der Waals surface area contributed by atoms with Crippen molar-refractivity contribution in [2.24, 2.45) is 0 Å². The Morgan fingerprint density at radius 3 is 2.36 bits per heavy atom. The maximum absolute atomic E-state index is 12.7. The molecule has 0 atom stereocenters. The predicted octanol–water partition coefficient (Wildman–Crippen LogP) is 2.70. The van der Waals surface area contributed by atoms with E-state index >= 15 is 0 Å². The van der Waals surface area contributed by atoms with Gasteiger partial charge in [-0.15, -0.1) is 0 Å². The van der Waals surface area contributed by atoms with Crippen LogP contribution < -0.4 is 4.74 Å². The molecule has 2 heterocycles. The molecule has 0 unspecified atom stereocenters. The van der Waals surface area contributed by atoms with Crippen molar-refractivity contribution in [3.8, 4) is 5.75 Å². The van der Waals surface area contributed by atoms with E-state index in [9.17, 15) is 9.59 Å². The topological polar surface area (TPSA) is 65.6 Å². The van der Waals surface area contributed by atoms with Crippen molar-refractivity contribution in [1.82, 2.24) is 14.8 Å². The molecule has 1 aliphatic rings. The first-order valence-corrected chi connectivity index (χ1v) is 9.42. The molecule has 0 radical (unpaired) electrons. The van der Waals surface area contributed by atoms with Crippen LogP contribution in [-0.4, -0.2) is 59.9 Å². The summed E-state index contributed by atoms with van der Waals surface area (Å²) in [7, 11) is 1.60. The molecule has 6 nitrogen and oxygen atoms in total. The normalized spacial score (nSPS) is 14.3. The molecule has 1 N–H and O–H groups in total. The molecular formula is C22H23N3O3. The van der Waals surface area contributed by atoms with Crippen molar-refractivity contribution in [1.29, 1.82) is 0 Å². The molecule has 0 spiro atoms. The van der Waals surface area contributed by atoms with E-state index in [1.807, 2.05) is 35.4 Å². The summed E-state index contributed by atoms with van der Waals surface area (Å²) in [5.41, 5.74) is 2.69. The number of H-pyrrole nitrogens is 1. The highest BCUT2D eigenvalue weighted by molar-refractivity contribution is 5.94. The van der Waals surface area contributed by atoms with Gasteiger partial charge in [-0.2, -0.15) is 0 Å². The molecule has 1 aromatic heterocycles. The maximum Gasteiger partial charge on any atom is 0.253 e. The van der Waals surface area contributed by atoms with Crippen LogP contribution in [0.3, 0.4) is 0 Å². The lowest BCUT2D eigenvalue weighted by Crippen LogP contribution is -2.51. The maximum atomic E-state index is 12.7. The summed E-state index contributed by atoms with van der Waals surface area (Å²) in [6, 6.07) is 15.1. The third-order valence-electron chi connectivity index (χ3n) is 5.27. The molecule has 0 bridgehead atoms. The van der Waals surface area contributed by atoms with Crippen molar-refractivity contribution in [3.63, 3.8) is 0 Å². The minimum atomic E-state index is -0.00798. The van der Waals surface area contributed by atoms with Crippen LogP contribution in [0.5, 0.6) is 5.75 Å². The zero-order valence-electron chi connectivity index (χ0n) is 15.9. The van der Waals surface area contributed by atoms with E-state index in [2.05, 4.69) is 4.98 Å². The van der Waals surface area contributed by atoms with Gasteiger partial charge in [0.15, 0.2) is 0 Å². The summed E-state index contributed by atoms with van der Waals surface area (Å²) < 4.78 is 5.13. The molecule has 2 aromatic carbocycles. The van der Waals surface area contributed by atoms with Gasteiger partial charge in [-0.1, -0.05) is 18.2 Å². The number of rotatable bonds is 4. The quantitative estimate of drug-likeness (QED) is 0.760. The number of nitrogens with one attached hydrogen (secondary N) is 1. The number of amides is 2. The number of hydrogen-bond acceptors (Lipinski definition) is 3. The number of ether oxygens (including phenoxy) is 1. The number of aromatic amines is 1. The average molecular weight is 377 g/mol. The monoisotopic (exact) mass is 377 g/mol.